The lowest BCUT2D eigenvalue weighted by molar-refractivity contribution is 0.0988. The van der Waals surface area contributed by atoms with Gasteiger partial charge in [0.2, 0.25) is 11.5 Å². The van der Waals surface area contributed by atoms with E-state index in [2.05, 4.69) is 4.74 Å². The Bertz CT molecular complexity index is 570. The lowest BCUT2D eigenvalue weighted by Gasteiger charge is -2.16. The maximum atomic E-state index is 11.5. The van der Waals surface area contributed by atoms with Gasteiger partial charge in [-0.25, -0.2) is 0 Å². The van der Waals surface area contributed by atoms with Crippen molar-refractivity contribution in [3.63, 3.8) is 0 Å². The van der Waals surface area contributed by atoms with Crippen LogP contribution in [0.3, 0.4) is 0 Å². The Morgan fingerprint density at radius 2 is 1.35 bits per heavy atom. The maximum Gasteiger partial charge on any atom is 0.207 e. The van der Waals surface area contributed by atoms with Crippen molar-refractivity contribution in [2.75, 3.05) is 7.11 Å². The van der Waals surface area contributed by atoms with E-state index in [1.807, 2.05) is 0 Å². The minimum absolute atomic E-state index is 0.371. The molecule has 88 valence electrons. The van der Waals surface area contributed by atoms with Gasteiger partial charge in [-0.2, -0.15) is 0 Å². The molecule has 0 aliphatic heterocycles. The quantitative estimate of drug-likeness (QED) is 0.491. The summed E-state index contributed by atoms with van der Waals surface area (Å²) in [5.41, 5.74) is -0.794. The molecule has 0 heterocycles. The fourth-order valence-electron chi connectivity index (χ4n) is 1.68. The van der Waals surface area contributed by atoms with Crippen LogP contribution in [0.2, 0.25) is 0 Å². The second-order valence-corrected chi connectivity index (χ2v) is 3.39. The molecule has 1 aromatic rings. The molecule has 3 N–H and O–H groups in total. The van der Waals surface area contributed by atoms with E-state index in [4.69, 9.17) is 0 Å². The lowest BCUT2D eigenvalue weighted by Crippen LogP contribution is -2.12. The first-order valence-corrected chi connectivity index (χ1v) is 4.60. The van der Waals surface area contributed by atoms with Crippen molar-refractivity contribution < 1.29 is 29.6 Å². The van der Waals surface area contributed by atoms with Gasteiger partial charge in [-0.15, -0.1) is 0 Å². The topological polar surface area (TPSA) is 104 Å². The number of hydrogen-bond acceptors (Lipinski definition) is 6. The van der Waals surface area contributed by atoms with Crippen LogP contribution >= 0.6 is 0 Å². The van der Waals surface area contributed by atoms with Crippen LogP contribution in [0.25, 0.3) is 0 Å². The average molecular weight is 236 g/mol. The Labute approximate surface area is 95.4 Å². The summed E-state index contributed by atoms with van der Waals surface area (Å²) in [6, 6.07) is 0. The summed E-state index contributed by atoms with van der Waals surface area (Å²) in [5, 5.41) is 28.9. The molecule has 0 radical (unpaired) electrons. The van der Waals surface area contributed by atoms with Crippen molar-refractivity contribution in [1.82, 2.24) is 0 Å². The number of phenolic OH excluding ortho intramolecular Hbond substituents is 3. The van der Waals surface area contributed by atoms with Gasteiger partial charge in [-0.05, 0) is 12.2 Å². The van der Waals surface area contributed by atoms with E-state index in [1.54, 1.807) is 0 Å². The number of hydrogen-bond donors (Lipinski definition) is 3. The van der Waals surface area contributed by atoms with Crippen LogP contribution in [0, 0.1) is 0 Å². The number of carbonyl (C=O) groups excluding carboxylic acids is 2. The molecule has 0 fully saturated rings. The minimum atomic E-state index is -0.780. The smallest absolute Gasteiger partial charge is 0.207 e. The molecular weight excluding hydrogens is 228 g/mol. The second-order valence-electron chi connectivity index (χ2n) is 3.39. The van der Waals surface area contributed by atoms with E-state index >= 15 is 0 Å². The first kappa shape index (κ1) is 11.0. The number of carbonyl (C=O) groups is 2. The first-order valence-electron chi connectivity index (χ1n) is 4.60. The molecule has 0 spiro atoms. The Kier molecular flexibility index (Phi) is 2.27. The van der Waals surface area contributed by atoms with E-state index < -0.39 is 40.1 Å². The van der Waals surface area contributed by atoms with E-state index in [0.29, 0.717) is 0 Å². The predicted molar refractivity (Wildman–Crippen MR) is 55.8 cm³/mol. The number of benzene rings is 1. The Morgan fingerprint density at radius 1 is 0.882 bits per heavy atom. The van der Waals surface area contributed by atoms with Crippen molar-refractivity contribution in [3.05, 3.63) is 23.3 Å². The van der Waals surface area contributed by atoms with Crippen molar-refractivity contribution in [3.8, 4) is 23.0 Å². The summed E-state index contributed by atoms with van der Waals surface area (Å²) in [5.74, 6) is -3.99. The molecule has 0 unspecified atom stereocenters. The highest BCUT2D eigenvalue weighted by atomic mass is 16.5. The summed E-state index contributed by atoms with van der Waals surface area (Å²) in [7, 11) is 1.14. The molecule has 0 amide bonds. The van der Waals surface area contributed by atoms with Crippen molar-refractivity contribution >= 4 is 11.6 Å². The van der Waals surface area contributed by atoms with Crippen LogP contribution in [0.1, 0.15) is 20.7 Å². The largest absolute Gasteiger partial charge is 0.504 e. The second kappa shape index (κ2) is 3.51. The molecule has 0 aromatic heterocycles. The maximum absolute atomic E-state index is 11.5. The summed E-state index contributed by atoms with van der Waals surface area (Å²) in [4.78, 5) is 23.0. The first-order chi connectivity index (χ1) is 7.99. The van der Waals surface area contributed by atoms with Crippen molar-refractivity contribution in [1.29, 1.82) is 0 Å². The van der Waals surface area contributed by atoms with Gasteiger partial charge in [0.15, 0.2) is 23.1 Å². The third kappa shape index (κ3) is 1.34. The SMILES string of the molecule is COc1c(O)c(O)c2c(c1O)C(=O)C=CC2=O. The highest BCUT2D eigenvalue weighted by molar-refractivity contribution is 6.25. The average Bonchev–Trinajstić information content (AvgIpc) is 2.30. The van der Waals surface area contributed by atoms with E-state index in [9.17, 15) is 24.9 Å². The van der Waals surface area contributed by atoms with Gasteiger partial charge in [0, 0.05) is 0 Å². The van der Waals surface area contributed by atoms with Gasteiger partial charge in [-0.3, -0.25) is 9.59 Å². The van der Waals surface area contributed by atoms with Crippen LogP contribution in [0.15, 0.2) is 12.2 Å². The number of rotatable bonds is 1. The van der Waals surface area contributed by atoms with E-state index in [0.717, 1.165) is 19.3 Å². The van der Waals surface area contributed by atoms with Gasteiger partial charge < -0.3 is 20.1 Å². The Hall–Kier alpha value is -2.50. The van der Waals surface area contributed by atoms with E-state index in [1.165, 1.54) is 0 Å². The zero-order valence-electron chi connectivity index (χ0n) is 8.72. The van der Waals surface area contributed by atoms with Crippen LogP contribution < -0.4 is 4.74 Å². The van der Waals surface area contributed by atoms with Gasteiger partial charge in [0.05, 0.1) is 18.2 Å². The number of fused-ring (bicyclic) bond motifs is 1. The molecule has 6 nitrogen and oxygen atoms in total. The summed E-state index contributed by atoms with van der Waals surface area (Å²) >= 11 is 0. The van der Waals surface area contributed by atoms with Gasteiger partial charge in [-0.1, -0.05) is 0 Å². The number of methoxy groups -OCH3 is 1. The number of ether oxygens (including phenoxy) is 1. The van der Waals surface area contributed by atoms with Gasteiger partial charge in [0.1, 0.15) is 0 Å². The normalized spacial score (nSPS) is 13.7. The zero-order valence-corrected chi connectivity index (χ0v) is 8.72. The number of aromatic hydroxyl groups is 3. The fourth-order valence-corrected chi connectivity index (χ4v) is 1.68. The van der Waals surface area contributed by atoms with E-state index in [-0.39, 0.29) is 5.56 Å². The molecule has 0 saturated heterocycles. The molecule has 0 bridgehead atoms. The molecule has 1 aliphatic rings. The molecule has 0 atom stereocenters. The van der Waals surface area contributed by atoms with Gasteiger partial charge >= 0.3 is 0 Å². The monoisotopic (exact) mass is 236 g/mol. The van der Waals surface area contributed by atoms with Crippen LogP contribution in [0.5, 0.6) is 23.0 Å². The predicted octanol–water partition coefficient (Wildman–Crippen LogP) is 0.747. The lowest BCUT2D eigenvalue weighted by atomic mass is 9.92. The Balaban J connectivity index is 2.91. The number of allylic oxidation sites excluding steroid dienone is 2. The van der Waals surface area contributed by atoms with Gasteiger partial charge in [0.25, 0.3) is 0 Å². The molecule has 17 heavy (non-hydrogen) atoms. The van der Waals surface area contributed by atoms with Crippen molar-refractivity contribution in [2.24, 2.45) is 0 Å². The molecule has 6 heteroatoms. The highest BCUT2D eigenvalue weighted by Crippen LogP contribution is 2.48. The summed E-state index contributed by atoms with van der Waals surface area (Å²) in [6.07, 6.45) is 1.93. The molecular formula is C11H8O6. The van der Waals surface area contributed by atoms with Crippen LogP contribution in [0.4, 0.5) is 0 Å². The molecule has 1 aromatic carbocycles. The summed E-state index contributed by atoms with van der Waals surface area (Å²) < 4.78 is 4.66. The highest BCUT2D eigenvalue weighted by Gasteiger charge is 2.32. The molecule has 1 aliphatic carbocycles. The molecule has 0 saturated carbocycles. The Morgan fingerprint density at radius 3 is 1.82 bits per heavy atom. The summed E-state index contributed by atoms with van der Waals surface area (Å²) in [6.45, 7) is 0. The molecule has 2 rings (SSSR count). The van der Waals surface area contributed by atoms with Crippen LogP contribution in [-0.2, 0) is 0 Å². The minimum Gasteiger partial charge on any atom is -0.504 e. The fraction of sp³-hybridized carbons (Fsp3) is 0.0909. The third-order valence-corrected chi connectivity index (χ3v) is 2.46. The zero-order chi connectivity index (χ0) is 12.7. The third-order valence-electron chi connectivity index (χ3n) is 2.46. The number of phenols is 3. The van der Waals surface area contributed by atoms with Crippen LogP contribution in [-0.4, -0.2) is 34.0 Å². The number of ketones is 2. The van der Waals surface area contributed by atoms with Crippen molar-refractivity contribution in [2.45, 2.75) is 0 Å². The standard InChI is InChI=1S/C11H8O6/c1-17-11-9(15)7-5(13)3-2-4(12)6(7)8(14)10(11)16/h2-3,14-16H,1H3.